The lowest BCUT2D eigenvalue weighted by Gasteiger charge is -2.28. The van der Waals surface area contributed by atoms with Crippen LogP contribution in [0.1, 0.15) is 39.8 Å². The summed E-state index contributed by atoms with van der Waals surface area (Å²) in [6.45, 7) is 7.17. The smallest absolute Gasteiger partial charge is 0.310 e. The highest BCUT2D eigenvalue weighted by Crippen LogP contribution is 2.32. The fourth-order valence-corrected chi connectivity index (χ4v) is 1.95. The molecule has 2 N–H and O–H groups in total. The number of carbonyl (C=O) groups excluding carboxylic acids is 1. The third kappa shape index (κ3) is 3.37. The molecule has 20 heavy (non-hydrogen) atoms. The molecule has 0 aliphatic rings. The zero-order valence-corrected chi connectivity index (χ0v) is 12.7. The summed E-state index contributed by atoms with van der Waals surface area (Å²) in [6.07, 6.45) is 2.37. The Bertz CT molecular complexity index is 508. The van der Waals surface area contributed by atoms with Crippen LogP contribution in [0.3, 0.4) is 0 Å². The molecule has 0 bridgehead atoms. The van der Waals surface area contributed by atoms with E-state index in [2.05, 4.69) is 10.4 Å². The summed E-state index contributed by atoms with van der Waals surface area (Å²) in [5, 5.41) is 16.3. The molecule has 0 aliphatic heterocycles. The van der Waals surface area contributed by atoms with Gasteiger partial charge in [0.05, 0.1) is 16.8 Å². The van der Waals surface area contributed by atoms with Crippen LogP contribution in [-0.4, -0.2) is 26.8 Å². The third-order valence-electron chi connectivity index (χ3n) is 3.80. The van der Waals surface area contributed by atoms with Gasteiger partial charge >= 0.3 is 5.97 Å². The predicted octanol–water partition coefficient (Wildman–Crippen LogP) is 2.06. The van der Waals surface area contributed by atoms with Gasteiger partial charge < -0.3 is 10.4 Å². The topological polar surface area (TPSA) is 84.2 Å². The second-order valence-corrected chi connectivity index (χ2v) is 5.62. The monoisotopic (exact) mass is 281 g/mol. The number of amides is 1. The van der Waals surface area contributed by atoms with Crippen LogP contribution >= 0.6 is 0 Å². The molecule has 6 heteroatoms. The summed E-state index contributed by atoms with van der Waals surface area (Å²) in [7, 11) is 1.78. The number of carbonyl (C=O) groups is 2. The summed E-state index contributed by atoms with van der Waals surface area (Å²) in [4.78, 5) is 23.5. The highest BCUT2D eigenvalue weighted by Gasteiger charge is 2.38. The maximum atomic E-state index is 12.1. The molecule has 0 saturated carbocycles. The lowest BCUT2D eigenvalue weighted by atomic mass is 9.76. The number of rotatable bonds is 6. The Balaban J connectivity index is 2.84. The summed E-state index contributed by atoms with van der Waals surface area (Å²) in [6, 6.07) is 0. The standard InChI is InChI=1S/C14H23N3O3/c1-6-10-11(8-17(5)16-10)15-12(18)7-14(4,9(2)3)13(19)20/h8-9H,6-7H2,1-5H3,(H,15,18)(H,19,20). The predicted molar refractivity (Wildman–Crippen MR) is 76.4 cm³/mol. The lowest BCUT2D eigenvalue weighted by molar-refractivity contribution is -0.153. The molecule has 1 rings (SSSR count). The van der Waals surface area contributed by atoms with E-state index in [1.54, 1.807) is 24.9 Å². The van der Waals surface area contributed by atoms with Crippen LogP contribution < -0.4 is 5.32 Å². The number of anilines is 1. The van der Waals surface area contributed by atoms with Gasteiger partial charge in [-0.3, -0.25) is 14.3 Å². The molecule has 1 aromatic heterocycles. The molecule has 0 spiro atoms. The van der Waals surface area contributed by atoms with Crippen molar-refractivity contribution in [3.05, 3.63) is 11.9 Å². The number of carboxylic acids is 1. The third-order valence-corrected chi connectivity index (χ3v) is 3.80. The van der Waals surface area contributed by atoms with Crippen molar-refractivity contribution < 1.29 is 14.7 Å². The van der Waals surface area contributed by atoms with Gasteiger partial charge in [0.1, 0.15) is 0 Å². The Hall–Kier alpha value is -1.85. The Morgan fingerprint density at radius 2 is 2.10 bits per heavy atom. The van der Waals surface area contributed by atoms with Gasteiger partial charge in [-0.1, -0.05) is 20.8 Å². The van der Waals surface area contributed by atoms with Crippen LogP contribution in [0, 0.1) is 11.3 Å². The highest BCUT2D eigenvalue weighted by molar-refractivity contribution is 5.94. The molecule has 1 amide bonds. The van der Waals surface area contributed by atoms with E-state index in [0.717, 1.165) is 5.69 Å². The maximum absolute atomic E-state index is 12.1. The number of aromatic nitrogens is 2. The number of aliphatic carboxylic acids is 1. The van der Waals surface area contributed by atoms with Crippen LogP contribution in [0.4, 0.5) is 5.69 Å². The van der Waals surface area contributed by atoms with Crippen molar-refractivity contribution in [1.29, 1.82) is 0 Å². The molecule has 1 unspecified atom stereocenters. The van der Waals surface area contributed by atoms with E-state index in [0.29, 0.717) is 12.1 Å². The summed E-state index contributed by atoms with van der Waals surface area (Å²) in [5.41, 5.74) is 0.373. The first-order valence-corrected chi connectivity index (χ1v) is 6.76. The van der Waals surface area contributed by atoms with Crippen LogP contribution in [0.2, 0.25) is 0 Å². The van der Waals surface area contributed by atoms with Crippen LogP contribution in [0.15, 0.2) is 6.20 Å². The van der Waals surface area contributed by atoms with E-state index in [9.17, 15) is 14.7 Å². The van der Waals surface area contributed by atoms with Gasteiger partial charge in [-0.05, 0) is 19.3 Å². The minimum absolute atomic E-state index is 0.0575. The summed E-state index contributed by atoms with van der Waals surface area (Å²) >= 11 is 0. The van der Waals surface area contributed by atoms with Crippen molar-refractivity contribution in [3.8, 4) is 0 Å². The number of carboxylic acid groups (broad SMARTS) is 1. The quantitative estimate of drug-likeness (QED) is 0.836. The second kappa shape index (κ2) is 6.07. The van der Waals surface area contributed by atoms with Gasteiger partial charge in [-0.2, -0.15) is 5.10 Å². The molecule has 0 aromatic carbocycles. The molecular weight excluding hydrogens is 258 g/mol. The van der Waals surface area contributed by atoms with Crippen molar-refractivity contribution in [3.63, 3.8) is 0 Å². The van der Waals surface area contributed by atoms with Crippen molar-refractivity contribution in [1.82, 2.24) is 9.78 Å². The van der Waals surface area contributed by atoms with Gasteiger partial charge in [0.2, 0.25) is 5.91 Å². The number of hydrogen-bond donors (Lipinski definition) is 2. The van der Waals surface area contributed by atoms with E-state index in [1.807, 2.05) is 20.8 Å². The van der Waals surface area contributed by atoms with Gasteiger partial charge in [-0.15, -0.1) is 0 Å². The van der Waals surface area contributed by atoms with Gasteiger partial charge in [-0.25, -0.2) is 0 Å². The van der Waals surface area contributed by atoms with E-state index in [4.69, 9.17) is 0 Å². The Kier molecular flexibility index (Phi) is 4.92. The molecular formula is C14H23N3O3. The van der Waals surface area contributed by atoms with Crippen molar-refractivity contribution in [2.45, 2.75) is 40.5 Å². The van der Waals surface area contributed by atoms with Gasteiger partial charge in [0.25, 0.3) is 0 Å². The van der Waals surface area contributed by atoms with E-state index in [1.165, 1.54) is 0 Å². The molecule has 112 valence electrons. The molecule has 1 atom stereocenters. The minimum Gasteiger partial charge on any atom is -0.481 e. The lowest BCUT2D eigenvalue weighted by Crippen LogP contribution is -2.37. The number of hydrogen-bond acceptors (Lipinski definition) is 3. The maximum Gasteiger partial charge on any atom is 0.310 e. The number of nitrogens with one attached hydrogen (secondary N) is 1. The normalized spacial score (nSPS) is 14.1. The van der Waals surface area contributed by atoms with E-state index >= 15 is 0 Å². The van der Waals surface area contributed by atoms with Crippen LogP contribution in [0.25, 0.3) is 0 Å². The Labute approximate surface area is 119 Å². The molecule has 6 nitrogen and oxygen atoms in total. The number of nitrogens with zero attached hydrogens (tertiary/aromatic N) is 2. The fourth-order valence-electron chi connectivity index (χ4n) is 1.95. The van der Waals surface area contributed by atoms with Crippen LogP contribution in [0.5, 0.6) is 0 Å². The average Bonchev–Trinajstić information content (AvgIpc) is 2.68. The second-order valence-electron chi connectivity index (χ2n) is 5.62. The first kappa shape index (κ1) is 16.2. The van der Waals surface area contributed by atoms with Crippen molar-refractivity contribution >= 4 is 17.6 Å². The van der Waals surface area contributed by atoms with Crippen molar-refractivity contribution in [2.75, 3.05) is 5.32 Å². The first-order chi connectivity index (χ1) is 9.20. The van der Waals surface area contributed by atoms with E-state index < -0.39 is 11.4 Å². The fraction of sp³-hybridized carbons (Fsp3) is 0.643. The van der Waals surface area contributed by atoms with Crippen LogP contribution in [-0.2, 0) is 23.1 Å². The summed E-state index contributed by atoms with van der Waals surface area (Å²) < 4.78 is 1.63. The Morgan fingerprint density at radius 1 is 1.50 bits per heavy atom. The SMILES string of the molecule is CCc1nn(C)cc1NC(=O)CC(C)(C(=O)O)C(C)C. The van der Waals surface area contributed by atoms with Crippen molar-refractivity contribution in [2.24, 2.45) is 18.4 Å². The van der Waals surface area contributed by atoms with Gasteiger partial charge in [0, 0.05) is 19.7 Å². The zero-order valence-electron chi connectivity index (χ0n) is 12.7. The molecule has 0 fully saturated rings. The molecule has 0 radical (unpaired) electrons. The largest absolute Gasteiger partial charge is 0.481 e. The van der Waals surface area contributed by atoms with E-state index in [-0.39, 0.29) is 18.2 Å². The first-order valence-electron chi connectivity index (χ1n) is 6.76. The molecule has 0 saturated heterocycles. The average molecular weight is 281 g/mol. The number of aryl methyl sites for hydroxylation is 2. The highest BCUT2D eigenvalue weighted by atomic mass is 16.4. The molecule has 0 aliphatic carbocycles. The molecule has 1 aromatic rings. The summed E-state index contributed by atoms with van der Waals surface area (Å²) in [5.74, 6) is -1.39. The zero-order chi connectivity index (χ0) is 15.5. The van der Waals surface area contributed by atoms with Gasteiger partial charge in [0.15, 0.2) is 0 Å². The minimum atomic E-state index is -1.07. The Morgan fingerprint density at radius 3 is 2.55 bits per heavy atom. The molecule has 1 heterocycles.